The van der Waals surface area contributed by atoms with Gasteiger partial charge in [-0.05, 0) is 35.5 Å². The highest BCUT2D eigenvalue weighted by atomic mass is 32.1. The summed E-state index contributed by atoms with van der Waals surface area (Å²) in [4.78, 5) is 1.90. The number of methoxy groups -OCH3 is 1. The fourth-order valence-electron chi connectivity index (χ4n) is 2.00. The first-order chi connectivity index (χ1) is 10.8. The van der Waals surface area contributed by atoms with Crippen molar-refractivity contribution in [2.45, 2.75) is 0 Å². The largest absolute Gasteiger partial charge is 0.496 e. The maximum Gasteiger partial charge on any atom is 0.204 e. The number of H-pyrrole nitrogens is 1. The van der Waals surface area contributed by atoms with Crippen LogP contribution in [-0.4, -0.2) is 39.4 Å². The zero-order valence-electron chi connectivity index (χ0n) is 11.7. The summed E-state index contributed by atoms with van der Waals surface area (Å²) in [5, 5.41) is 22.8. The third-order valence-electron chi connectivity index (χ3n) is 2.97. The van der Waals surface area contributed by atoms with Crippen molar-refractivity contribution in [2.24, 2.45) is 0 Å². The lowest BCUT2D eigenvalue weighted by Crippen LogP contribution is -1.89. The van der Waals surface area contributed by atoms with Gasteiger partial charge in [0.05, 0.1) is 12.0 Å². The van der Waals surface area contributed by atoms with Gasteiger partial charge in [-0.15, -0.1) is 21.5 Å². The summed E-state index contributed by atoms with van der Waals surface area (Å²) in [6.45, 7) is -0.149. The van der Waals surface area contributed by atoms with Gasteiger partial charge in [0.2, 0.25) is 5.82 Å². The van der Waals surface area contributed by atoms with Crippen LogP contribution in [0.15, 0.2) is 30.3 Å². The van der Waals surface area contributed by atoms with Crippen LogP contribution in [0.3, 0.4) is 0 Å². The molecule has 2 aromatic heterocycles. The quantitative estimate of drug-likeness (QED) is 0.722. The highest BCUT2D eigenvalue weighted by Crippen LogP contribution is 2.37. The molecule has 0 saturated heterocycles. The zero-order valence-corrected chi connectivity index (χ0v) is 12.5. The molecule has 1 aromatic carbocycles. The molecule has 6 nitrogen and oxygen atoms in total. The number of hydrogen-bond acceptors (Lipinski definition) is 6. The lowest BCUT2D eigenvalue weighted by Gasteiger charge is -2.07. The fourth-order valence-corrected chi connectivity index (χ4v) is 2.90. The normalized spacial score (nSPS) is 10.1. The lowest BCUT2D eigenvalue weighted by molar-refractivity contribution is 0.350. The second kappa shape index (κ2) is 6.39. The predicted molar refractivity (Wildman–Crippen MR) is 83.4 cm³/mol. The van der Waals surface area contributed by atoms with E-state index in [0.717, 1.165) is 26.6 Å². The van der Waals surface area contributed by atoms with Crippen LogP contribution in [0.25, 0.3) is 21.8 Å². The number of rotatable bonds is 3. The minimum Gasteiger partial charge on any atom is -0.496 e. The molecule has 2 N–H and O–H groups in total. The third kappa shape index (κ3) is 2.83. The number of hydrogen-bond donors (Lipinski definition) is 2. The van der Waals surface area contributed by atoms with Crippen LogP contribution in [0, 0.1) is 11.8 Å². The Kier molecular flexibility index (Phi) is 4.14. The van der Waals surface area contributed by atoms with E-state index in [4.69, 9.17) is 9.84 Å². The molecule has 0 amide bonds. The van der Waals surface area contributed by atoms with Crippen LogP contribution in [0.4, 0.5) is 0 Å². The average Bonchev–Trinajstić information content (AvgIpc) is 3.24. The SMILES string of the molecule is COc1ccc(-c2nn[nH]n2)cc1-c1ccc(C#CCO)s1. The van der Waals surface area contributed by atoms with Crippen molar-refractivity contribution in [1.82, 2.24) is 20.6 Å². The Balaban J connectivity index is 2.04. The molecule has 7 heteroatoms. The Morgan fingerprint density at radius 2 is 2.23 bits per heavy atom. The zero-order chi connectivity index (χ0) is 15.4. The first-order valence-electron chi connectivity index (χ1n) is 6.43. The Labute approximate surface area is 130 Å². The topological polar surface area (TPSA) is 83.9 Å². The average molecular weight is 312 g/mol. The van der Waals surface area contributed by atoms with Crippen LogP contribution in [0.1, 0.15) is 4.88 Å². The molecule has 3 rings (SSSR count). The number of aliphatic hydroxyl groups is 1. The van der Waals surface area contributed by atoms with Crippen molar-refractivity contribution in [3.05, 3.63) is 35.2 Å². The Morgan fingerprint density at radius 1 is 1.32 bits per heavy atom. The molecule has 0 saturated carbocycles. The predicted octanol–water partition coefficient (Wildman–Crippen LogP) is 1.95. The standard InChI is InChI=1S/C15H12N4O2S/c1-21-13-6-4-10(15-16-18-19-17-15)9-12(13)14-7-5-11(22-14)3-2-8-20/h4-7,9,20H,8H2,1H3,(H,16,17,18,19). The number of benzene rings is 1. The number of aliphatic hydroxyl groups excluding tert-OH is 1. The first-order valence-corrected chi connectivity index (χ1v) is 7.25. The second-order valence-corrected chi connectivity index (χ2v) is 5.36. The fraction of sp³-hybridized carbons (Fsp3) is 0.133. The van der Waals surface area contributed by atoms with Gasteiger partial charge in [-0.25, -0.2) is 0 Å². The summed E-state index contributed by atoms with van der Waals surface area (Å²) in [7, 11) is 1.63. The molecule has 22 heavy (non-hydrogen) atoms. The van der Waals surface area contributed by atoms with Gasteiger partial charge in [0.25, 0.3) is 0 Å². The van der Waals surface area contributed by atoms with Gasteiger partial charge < -0.3 is 9.84 Å². The minimum absolute atomic E-state index is 0.149. The number of ether oxygens (including phenoxy) is 1. The van der Waals surface area contributed by atoms with Crippen LogP contribution < -0.4 is 4.74 Å². The minimum atomic E-state index is -0.149. The van der Waals surface area contributed by atoms with E-state index < -0.39 is 0 Å². The Hall–Kier alpha value is -2.69. The molecule has 110 valence electrons. The van der Waals surface area contributed by atoms with E-state index >= 15 is 0 Å². The molecule has 0 aliphatic carbocycles. The summed E-state index contributed by atoms with van der Waals surface area (Å²) >= 11 is 1.53. The first kappa shape index (κ1) is 14.3. The van der Waals surface area contributed by atoms with Gasteiger partial charge in [-0.3, -0.25) is 0 Å². The van der Waals surface area contributed by atoms with Crippen molar-refractivity contribution < 1.29 is 9.84 Å². The highest BCUT2D eigenvalue weighted by Gasteiger charge is 2.12. The molecular weight excluding hydrogens is 300 g/mol. The maximum atomic E-state index is 8.76. The van der Waals surface area contributed by atoms with Crippen molar-refractivity contribution in [3.63, 3.8) is 0 Å². The molecule has 0 radical (unpaired) electrons. The van der Waals surface area contributed by atoms with Crippen molar-refractivity contribution in [1.29, 1.82) is 0 Å². The van der Waals surface area contributed by atoms with Gasteiger partial charge >= 0.3 is 0 Å². The number of aromatic amines is 1. The summed E-state index contributed by atoms with van der Waals surface area (Å²) in [6.07, 6.45) is 0. The van der Waals surface area contributed by atoms with E-state index in [1.165, 1.54) is 11.3 Å². The summed E-state index contributed by atoms with van der Waals surface area (Å²) in [5.41, 5.74) is 1.78. The molecule has 0 spiro atoms. The number of tetrazole rings is 1. The van der Waals surface area contributed by atoms with Crippen molar-refractivity contribution >= 4 is 11.3 Å². The van der Waals surface area contributed by atoms with E-state index in [2.05, 4.69) is 32.5 Å². The van der Waals surface area contributed by atoms with E-state index in [1.807, 2.05) is 30.3 Å². The number of nitrogens with zero attached hydrogens (tertiary/aromatic N) is 3. The van der Waals surface area contributed by atoms with Gasteiger partial charge in [0, 0.05) is 16.0 Å². The van der Waals surface area contributed by atoms with Crippen LogP contribution >= 0.6 is 11.3 Å². The van der Waals surface area contributed by atoms with Gasteiger partial charge in [-0.2, -0.15) is 5.21 Å². The van der Waals surface area contributed by atoms with Crippen molar-refractivity contribution in [3.8, 4) is 39.4 Å². The van der Waals surface area contributed by atoms with E-state index in [-0.39, 0.29) is 6.61 Å². The third-order valence-corrected chi connectivity index (χ3v) is 4.00. The smallest absolute Gasteiger partial charge is 0.204 e. The Morgan fingerprint density at radius 3 is 2.95 bits per heavy atom. The van der Waals surface area contributed by atoms with Crippen molar-refractivity contribution in [2.75, 3.05) is 13.7 Å². The van der Waals surface area contributed by atoms with Crippen LogP contribution in [0.2, 0.25) is 0 Å². The van der Waals surface area contributed by atoms with E-state index in [1.54, 1.807) is 7.11 Å². The number of aromatic nitrogens is 4. The molecular formula is C15H12N4O2S. The summed E-state index contributed by atoms with van der Waals surface area (Å²) < 4.78 is 5.43. The highest BCUT2D eigenvalue weighted by molar-refractivity contribution is 7.16. The van der Waals surface area contributed by atoms with Crippen LogP contribution in [-0.2, 0) is 0 Å². The molecule has 0 bridgehead atoms. The molecule has 0 fully saturated rings. The molecule has 2 heterocycles. The summed E-state index contributed by atoms with van der Waals surface area (Å²) in [5.74, 6) is 6.83. The van der Waals surface area contributed by atoms with Gasteiger partial charge in [-0.1, -0.05) is 11.8 Å². The molecule has 0 aliphatic rings. The number of thiophene rings is 1. The summed E-state index contributed by atoms with van der Waals surface area (Å²) in [6, 6.07) is 9.61. The van der Waals surface area contributed by atoms with Gasteiger partial charge in [0.15, 0.2) is 0 Å². The Bertz CT molecular complexity index is 831. The molecule has 3 aromatic rings. The van der Waals surface area contributed by atoms with E-state index in [9.17, 15) is 0 Å². The monoisotopic (exact) mass is 312 g/mol. The van der Waals surface area contributed by atoms with E-state index in [0.29, 0.717) is 5.82 Å². The molecule has 0 aliphatic heterocycles. The van der Waals surface area contributed by atoms with Gasteiger partial charge in [0.1, 0.15) is 12.4 Å². The maximum absolute atomic E-state index is 8.76. The molecule has 0 atom stereocenters. The lowest BCUT2D eigenvalue weighted by atomic mass is 10.1. The molecule has 0 unspecified atom stereocenters. The number of nitrogens with one attached hydrogen (secondary N) is 1. The second-order valence-electron chi connectivity index (χ2n) is 4.27. The van der Waals surface area contributed by atoms with Crippen LogP contribution in [0.5, 0.6) is 5.75 Å².